The zero-order chi connectivity index (χ0) is 15.4. The summed E-state index contributed by atoms with van der Waals surface area (Å²) in [7, 11) is 1.55. The summed E-state index contributed by atoms with van der Waals surface area (Å²) >= 11 is 0. The van der Waals surface area contributed by atoms with E-state index in [-0.39, 0.29) is 18.0 Å². The summed E-state index contributed by atoms with van der Waals surface area (Å²) in [6.45, 7) is 1.66. The van der Waals surface area contributed by atoms with Crippen LogP contribution in [0, 0.1) is 6.92 Å². The summed E-state index contributed by atoms with van der Waals surface area (Å²) < 4.78 is 6.34. The van der Waals surface area contributed by atoms with Gasteiger partial charge in [0.15, 0.2) is 0 Å². The number of hydrogen-bond acceptors (Lipinski definition) is 4. The number of anilines is 1. The number of nitrogens with zero attached hydrogens (tertiary/aromatic N) is 2. The summed E-state index contributed by atoms with van der Waals surface area (Å²) in [5.41, 5.74) is 1.12. The van der Waals surface area contributed by atoms with Crippen LogP contribution in [-0.2, 0) is 18.4 Å². The first-order valence-electron chi connectivity index (χ1n) is 6.23. The molecule has 0 spiro atoms. The van der Waals surface area contributed by atoms with Crippen LogP contribution in [0.5, 0.6) is 0 Å². The van der Waals surface area contributed by atoms with Gasteiger partial charge in [0.1, 0.15) is 18.0 Å². The second-order valence-electron chi connectivity index (χ2n) is 4.42. The van der Waals surface area contributed by atoms with E-state index in [4.69, 9.17) is 9.84 Å². The third-order valence-electron chi connectivity index (χ3n) is 2.87. The molecule has 0 radical (unpaired) electrons. The van der Waals surface area contributed by atoms with Gasteiger partial charge in [-0.1, -0.05) is 30.3 Å². The van der Waals surface area contributed by atoms with Crippen molar-refractivity contribution in [3.05, 3.63) is 47.2 Å². The topological polar surface area (TPSA) is 93.5 Å². The summed E-state index contributed by atoms with van der Waals surface area (Å²) in [6.07, 6.45) is -0.732. The highest BCUT2D eigenvalue weighted by Crippen LogP contribution is 2.18. The van der Waals surface area contributed by atoms with Crippen molar-refractivity contribution in [2.75, 3.05) is 5.32 Å². The van der Waals surface area contributed by atoms with Crippen molar-refractivity contribution < 1.29 is 19.4 Å². The van der Waals surface area contributed by atoms with E-state index >= 15 is 0 Å². The van der Waals surface area contributed by atoms with Gasteiger partial charge < -0.3 is 9.84 Å². The van der Waals surface area contributed by atoms with Crippen LogP contribution >= 0.6 is 0 Å². The molecule has 2 aromatic rings. The fraction of sp³-hybridized carbons (Fsp3) is 0.214. The van der Waals surface area contributed by atoms with Crippen molar-refractivity contribution in [2.24, 2.45) is 7.05 Å². The van der Waals surface area contributed by atoms with Gasteiger partial charge in [0, 0.05) is 7.05 Å². The standard InChI is InChI=1S/C14H15N3O4/c1-9-11(13(18)19)12(17(2)16-9)15-14(20)21-8-10-6-4-3-5-7-10/h3-7H,8H2,1-2H3,(H,15,20)(H,18,19). The van der Waals surface area contributed by atoms with E-state index in [1.54, 1.807) is 14.0 Å². The van der Waals surface area contributed by atoms with Gasteiger partial charge in [-0.2, -0.15) is 5.10 Å². The second-order valence-corrected chi connectivity index (χ2v) is 4.42. The van der Waals surface area contributed by atoms with Gasteiger partial charge in [-0.15, -0.1) is 0 Å². The summed E-state index contributed by atoms with van der Waals surface area (Å²) in [4.78, 5) is 22.9. The van der Waals surface area contributed by atoms with Crippen LogP contribution in [0.3, 0.4) is 0 Å². The zero-order valence-corrected chi connectivity index (χ0v) is 11.7. The lowest BCUT2D eigenvalue weighted by Gasteiger charge is -2.08. The molecule has 0 saturated heterocycles. The molecule has 7 heteroatoms. The number of carbonyl (C=O) groups excluding carboxylic acids is 1. The number of hydrogen-bond donors (Lipinski definition) is 2. The Bertz CT molecular complexity index is 664. The zero-order valence-electron chi connectivity index (χ0n) is 11.7. The number of benzene rings is 1. The molecule has 0 aliphatic carbocycles. The van der Waals surface area contributed by atoms with E-state index in [1.807, 2.05) is 30.3 Å². The minimum absolute atomic E-state index is 0.0471. The normalized spacial score (nSPS) is 10.2. The van der Waals surface area contributed by atoms with Crippen LogP contribution in [0.25, 0.3) is 0 Å². The van der Waals surface area contributed by atoms with E-state index in [0.717, 1.165) is 5.56 Å². The predicted molar refractivity (Wildman–Crippen MR) is 75.2 cm³/mol. The third kappa shape index (κ3) is 3.38. The maximum Gasteiger partial charge on any atom is 0.413 e. The molecule has 2 rings (SSSR count). The molecule has 21 heavy (non-hydrogen) atoms. The Hall–Kier alpha value is -2.83. The minimum Gasteiger partial charge on any atom is -0.477 e. The molecular weight excluding hydrogens is 274 g/mol. The molecule has 1 aromatic carbocycles. The van der Waals surface area contributed by atoms with Gasteiger partial charge in [0.2, 0.25) is 0 Å². The van der Waals surface area contributed by atoms with Crippen LogP contribution in [0.15, 0.2) is 30.3 Å². The number of aromatic nitrogens is 2. The average molecular weight is 289 g/mol. The first kappa shape index (κ1) is 14.6. The first-order chi connectivity index (χ1) is 9.99. The lowest BCUT2D eigenvalue weighted by atomic mass is 10.2. The number of nitrogens with one attached hydrogen (secondary N) is 1. The number of carbonyl (C=O) groups is 2. The minimum atomic E-state index is -1.15. The Balaban J connectivity index is 2.05. The van der Waals surface area contributed by atoms with Crippen molar-refractivity contribution in [2.45, 2.75) is 13.5 Å². The summed E-state index contributed by atoms with van der Waals surface area (Å²) in [6, 6.07) is 9.18. The fourth-order valence-corrected chi connectivity index (χ4v) is 1.91. The summed E-state index contributed by atoms with van der Waals surface area (Å²) in [5, 5.41) is 15.5. The number of carboxylic acid groups (broad SMARTS) is 1. The molecule has 0 saturated carbocycles. The molecule has 0 atom stereocenters. The van der Waals surface area contributed by atoms with Gasteiger partial charge in [0.25, 0.3) is 0 Å². The molecule has 0 unspecified atom stereocenters. The van der Waals surface area contributed by atoms with Crippen molar-refractivity contribution in [1.82, 2.24) is 9.78 Å². The largest absolute Gasteiger partial charge is 0.477 e. The Morgan fingerprint density at radius 1 is 1.33 bits per heavy atom. The van der Waals surface area contributed by atoms with Gasteiger partial charge >= 0.3 is 12.1 Å². The molecule has 0 fully saturated rings. The predicted octanol–water partition coefficient (Wildman–Crippen LogP) is 2.18. The quantitative estimate of drug-likeness (QED) is 0.899. The molecule has 2 N–H and O–H groups in total. The molecule has 1 heterocycles. The number of rotatable bonds is 4. The van der Waals surface area contributed by atoms with Crippen LogP contribution in [0.4, 0.5) is 10.6 Å². The van der Waals surface area contributed by atoms with Crippen molar-refractivity contribution in [3.63, 3.8) is 0 Å². The Labute approximate surface area is 121 Å². The van der Waals surface area contributed by atoms with E-state index in [2.05, 4.69) is 10.4 Å². The lowest BCUT2D eigenvalue weighted by molar-refractivity contribution is 0.0697. The third-order valence-corrected chi connectivity index (χ3v) is 2.87. The molecule has 1 aromatic heterocycles. The molecule has 1 amide bonds. The average Bonchev–Trinajstić information content (AvgIpc) is 2.72. The second kappa shape index (κ2) is 6.08. The van der Waals surface area contributed by atoms with Crippen molar-refractivity contribution in [1.29, 1.82) is 0 Å². The SMILES string of the molecule is Cc1nn(C)c(NC(=O)OCc2ccccc2)c1C(=O)O. The van der Waals surface area contributed by atoms with E-state index < -0.39 is 12.1 Å². The van der Waals surface area contributed by atoms with Gasteiger partial charge in [-0.05, 0) is 12.5 Å². The number of aryl methyl sites for hydroxylation is 2. The highest BCUT2D eigenvalue weighted by atomic mass is 16.5. The van der Waals surface area contributed by atoms with Gasteiger partial charge in [-0.25, -0.2) is 9.59 Å². The van der Waals surface area contributed by atoms with Crippen LogP contribution < -0.4 is 5.32 Å². The molecule has 7 nitrogen and oxygen atoms in total. The van der Waals surface area contributed by atoms with Crippen molar-refractivity contribution in [3.8, 4) is 0 Å². The number of ether oxygens (including phenoxy) is 1. The number of carboxylic acids is 1. The smallest absolute Gasteiger partial charge is 0.413 e. The first-order valence-corrected chi connectivity index (χ1v) is 6.23. The van der Waals surface area contributed by atoms with Crippen LogP contribution in [0.2, 0.25) is 0 Å². The lowest BCUT2D eigenvalue weighted by Crippen LogP contribution is -2.18. The van der Waals surface area contributed by atoms with E-state index in [0.29, 0.717) is 5.69 Å². The molecular formula is C14H15N3O4. The maximum absolute atomic E-state index is 11.8. The Morgan fingerprint density at radius 2 is 2.00 bits per heavy atom. The number of amides is 1. The molecule has 110 valence electrons. The Morgan fingerprint density at radius 3 is 2.62 bits per heavy atom. The van der Waals surface area contributed by atoms with Crippen LogP contribution in [-0.4, -0.2) is 26.9 Å². The number of aromatic carboxylic acids is 1. The van der Waals surface area contributed by atoms with Crippen molar-refractivity contribution >= 4 is 17.9 Å². The Kier molecular flexibility index (Phi) is 4.22. The summed E-state index contributed by atoms with van der Waals surface area (Å²) in [5.74, 6) is -1.06. The fourth-order valence-electron chi connectivity index (χ4n) is 1.91. The molecule has 0 aliphatic heterocycles. The van der Waals surface area contributed by atoms with E-state index in [9.17, 15) is 9.59 Å². The highest BCUT2D eigenvalue weighted by Gasteiger charge is 2.21. The maximum atomic E-state index is 11.8. The van der Waals surface area contributed by atoms with E-state index in [1.165, 1.54) is 4.68 Å². The molecule has 0 bridgehead atoms. The van der Waals surface area contributed by atoms with Gasteiger partial charge in [-0.3, -0.25) is 10.00 Å². The van der Waals surface area contributed by atoms with Crippen LogP contribution in [0.1, 0.15) is 21.6 Å². The monoisotopic (exact) mass is 289 g/mol. The van der Waals surface area contributed by atoms with Gasteiger partial charge in [0.05, 0.1) is 5.69 Å². The molecule has 0 aliphatic rings. The highest BCUT2D eigenvalue weighted by molar-refractivity contribution is 5.98.